The number of methoxy groups -OCH3 is 1. The highest BCUT2D eigenvalue weighted by Gasteiger charge is 2.29. The Morgan fingerprint density at radius 1 is 1.14 bits per heavy atom. The molecule has 3 heterocycles. The number of aromatic nitrogens is 3. The van der Waals surface area contributed by atoms with Gasteiger partial charge in [-0.2, -0.15) is 5.10 Å². The number of nitrogens with zero attached hydrogens (tertiary/aromatic N) is 4. The van der Waals surface area contributed by atoms with Crippen molar-refractivity contribution in [2.75, 3.05) is 20.2 Å². The minimum atomic E-state index is -0.145. The molecule has 2 aromatic heterocycles. The van der Waals surface area contributed by atoms with E-state index in [9.17, 15) is 9.59 Å². The molecule has 1 atom stereocenters. The summed E-state index contributed by atoms with van der Waals surface area (Å²) in [7, 11) is 1.62. The fourth-order valence-corrected chi connectivity index (χ4v) is 4.71. The van der Waals surface area contributed by atoms with Crippen LogP contribution in [0.15, 0.2) is 67.0 Å². The molecular formula is C28H29N5O3. The first-order valence-corrected chi connectivity index (χ1v) is 12.2. The van der Waals surface area contributed by atoms with Crippen molar-refractivity contribution >= 4 is 22.7 Å². The zero-order valence-electron chi connectivity index (χ0n) is 20.5. The molecule has 0 bridgehead atoms. The van der Waals surface area contributed by atoms with E-state index in [-0.39, 0.29) is 17.9 Å². The molecule has 8 heteroatoms. The van der Waals surface area contributed by atoms with Crippen LogP contribution in [0.2, 0.25) is 0 Å². The number of hydrogen-bond acceptors (Lipinski definition) is 5. The van der Waals surface area contributed by atoms with Gasteiger partial charge in [0.15, 0.2) is 0 Å². The number of amides is 2. The number of ether oxygens (including phenoxy) is 1. The fourth-order valence-electron chi connectivity index (χ4n) is 4.71. The van der Waals surface area contributed by atoms with Crippen molar-refractivity contribution in [1.82, 2.24) is 25.0 Å². The molecule has 2 aromatic carbocycles. The van der Waals surface area contributed by atoms with Gasteiger partial charge >= 0.3 is 0 Å². The average Bonchev–Trinajstić information content (AvgIpc) is 3.57. The van der Waals surface area contributed by atoms with Crippen molar-refractivity contribution in [3.8, 4) is 17.0 Å². The molecule has 0 spiro atoms. The van der Waals surface area contributed by atoms with Crippen molar-refractivity contribution < 1.29 is 14.3 Å². The van der Waals surface area contributed by atoms with E-state index < -0.39 is 0 Å². The van der Waals surface area contributed by atoms with Crippen LogP contribution in [0.1, 0.15) is 41.7 Å². The number of carbonyl (C=O) groups excluding carboxylic acids is 2. The maximum atomic E-state index is 12.7. The predicted molar refractivity (Wildman–Crippen MR) is 138 cm³/mol. The largest absolute Gasteiger partial charge is 0.497 e. The molecule has 1 aliphatic heterocycles. The van der Waals surface area contributed by atoms with Gasteiger partial charge in [0.25, 0.3) is 5.91 Å². The third-order valence-corrected chi connectivity index (χ3v) is 6.68. The molecule has 0 aliphatic carbocycles. The van der Waals surface area contributed by atoms with Crippen molar-refractivity contribution in [3.63, 3.8) is 0 Å². The van der Waals surface area contributed by atoms with Crippen molar-refractivity contribution in [2.24, 2.45) is 0 Å². The molecule has 0 unspecified atom stereocenters. The summed E-state index contributed by atoms with van der Waals surface area (Å²) >= 11 is 0. The summed E-state index contributed by atoms with van der Waals surface area (Å²) in [5.74, 6) is 0.790. The number of benzene rings is 2. The van der Waals surface area contributed by atoms with Gasteiger partial charge in [-0.25, -0.2) is 0 Å². The molecule has 4 aromatic rings. The minimum Gasteiger partial charge on any atom is -0.497 e. The Morgan fingerprint density at radius 2 is 1.97 bits per heavy atom. The van der Waals surface area contributed by atoms with E-state index in [0.29, 0.717) is 25.1 Å². The molecule has 2 amide bonds. The first-order valence-electron chi connectivity index (χ1n) is 12.2. The van der Waals surface area contributed by atoms with Gasteiger partial charge in [-0.05, 0) is 42.3 Å². The van der Waals surface area contributed by atoms with E-state index in [2.05, 4.69) is 10.3 Å². The van der Waals surface area contributed by atoms with Crippen LogP contribution in [-0.4, -0.2) is 51.7 Å². The highest BCUT2D eigenvalue weighted by molar-refractivity contribution is 5.96. The SMILES string of the molecule is CCC(=O)N1CC[C@@H](n2nc(-c3ccc(C(=O)NCc4cccc(OC)c4)cc3)c3cnccc32)C1. The van der Waals surface area contributed by atoms with Crippen LogP contribution in [0.5, 0.6) is 5.75 Å². The third-order valence-electron chi connectivity index (χ3n) is 6.68. The second-order valence-corrected chi connectivity index (χ2v) is 8.93. The van der Waals surface area contributed by atoms with E-state index in [0.717, 1.165) is 46.4 Å². The first kappa shape index (κ1) is 23.5. The van der Waals surface area contributed by atoms with E-state index in [1.807, 2.05) is 77.3 Å². The smallest absolute Gasteiger partial charge is 0.251 e. The van der Waals surface area contributed by atoms with Gasteiger partial charge in [0.1, 0.15) is 11.4 Å². The lowest BCUT2D eigenvalue weighted by atomic mass is 10.1. The number of likely N-dealkylation sites (tertiary alicyclic amines) is 1. The highest BCUT2D eigenvalue weighted by Crippen LogP contribution is 2.32. The minimum absolute atomic E-state index is 0.126. The summed E-state index contributed by atoms with van der Waals surface area (Å²) in [6.45, 7) is 3.72. The van der Waals surface area contributed by atoms with E-state index in [1.165, 1.54) is 0 Å². The Labute approximate surface area is 209 Å². The Hall–Kier alpha value is -4.20. The summed E-state index contributed by atoms with van der Waals surface area (Å²) in [5, 5.41) is 8.86. The third kappa shape index (κ3) is 4.66. The molecule has 184 valence electrons. The van der Waals surface area contributed by atoms with E-state index >= 15 is 0 Å². The molecule has 1 saturated heterocycles. The van der Waals surface area contributed by atoms with Crippen LogP contribution in [0.3, 0.4) is 0 Å². The Morgan fingerprint density at radius 3 is 2.75 bits per heavy atom. The van der Waals surface area contributed by atoms with E-state index in [1.54, 1.807) is 13.3 Å². The van der Waals surface area contributed by atoms with Gasteiger partial charge in [-0.3, -0.25) is 19.3 Å². The highest BCUT2D eigenvalue weighted by atomic mass is 16.5. The lowest BCUT2D eigenvalue weighted by Gasteiger charge is -2.16. The maximum Gasteiger partial charge on any atom is 0.251 e. The quantitative estimate of drug-likeness (QED) is 0.425. The van der Waals surface area contributed by atoms with Crippen LogP contribution >= 0.6 is 0 Å². The summed E-state index contributed by atoms with van der Waals surface area (Å²) in [4.78, 5) is 31.1. The Bertz CT molecular complexity index is 1400. The van der Waals surface area contributed by atoms with E-state index in [4.69, 9.17) is 9.84 Å². The molecule has 1 fully saturated rings. The number of carbonyl (C=O) groups is 2. The van der Waals surface area contributed by atoms with Gasteiger partial charge in [-0.1, -0.05) is 31.2 Å². The molecule has 8 nitrogen and oxygen atoms in total. The average molecular weight is 484 g/mol. The predicted octanol–water partition coefficient (Wildman–Crippen LogP) is 4.22. The molecular weight excluding hydrogens is 454 g/mol. The normalized spacial score (nSPS) is 15.3. The second-order valence-electron chi connectivity index (χ2n) is 8.93. The van der Waals surface area contributed by atoms with Gasteiger partial charge in [-0.15, -0.1) is 0 Å². The zero-order valence-corrected chi connectivity index (χ0v) is 20.5. The maximum absolute atomic E-state index is 12.7. The van der Waals surface area contributed by atoms with Crippen molar-refractivity contribution in [3.05, 3.63) is 78.1 Å². The summed E-state index contributed by atoms with van der Waals surface area (Å²) in [6.07, 6.45) is 4.98. The van der Waals surface area contributed by atoms with Crippen LogP contribution in [-0.2, 0) is 11.3 Å². The van der Waals surface area contributed by atoms with Gasteiger partial charge in [0.2, 0.25) is 5.91 Å². The molecule has 5 rings (SSSR count). The zero-order chi connectivity index (χ0) is 25.1. The molecule has 1 N–H and O–H groups in total. The van der Waals surface area contributed by atoms with Gasteiger partial charge in [0.05, 0.1) is 18.7 Å². The fraction of sp³-hybridized carbons (Fsp3) is 0.286. The second kappa shape index (κ2) is 10.2. The van der Waals surface area contributed by atoms with Gasteiger partial charge < -0.3 is 15.0 Å². The van der Waals surface area contributed by atoms with Crippen LogP contribution in [0.4, 0.5) is 0 Å². The molecule has 36 heavy (non-hydrogen) atoms. The summed E-state index contributed by atoms with van der Waals surface area (Å²) < 4.78 is 7.28. The topological polar surface area (TPSA) is 89.4 Å². The Kier molecular flexibility index (Phi) is 6.66. The van der Waals surface area contributed by atoms with Crippen LogP contribution in [0.25, 0.3) is 22.2 Å². The summed E-state index contributed by atoms with van der Waals surface area (Å²) in [6, 6.07) is 17.2. The monoisotopic (exact) mass is 483 g/mol. The van der Waals surface area contributed by atoms with Gasteiger partial charge in [0, 0.05) is 55.0 Å². The summed E-state index contributed by atoms with van der Waals surface area (Å²) in [5.41, 5.74) is 4.27. The first-order chi connectivity index (χ1) is 17.6. The standard InChI is InChI=1S/C28H29N5O3/c1-3-26(34)32-14-12-22(18-32)33-25-11-13-29-17-24(25)27(31-33)20-7-9-21(10-8-20)28(35)30-16-19-5-4-6-23(15-19)36-2/h4-11,13,15,17,22H,3,12,14,16,18H2,1-2H3,(H,30,35)/t22-/m1/s1. The van der Waals surface area contributed by atoms with Crippen LogP contribution in [0, 0.1) is 0 Å². The number of fused-ring (bicyclic) bond motifs is 1. The lowest BCUT2D eigenvalue weighted by molar-refractivity contribution is -0.129. The number of pyridine rings is 1. The number of rotatable bonds is 7. The van der Waals surface area contributed by atoms with Crippen LogP contribution < -0.4 is 10.1 Å². The lowest BCUT2D eigenvalue weighted by Crippen LogP contribution is -2.28. The molecule has 1 aliphatic rings. The number of nitrogens with one attached hydrogen (secondary N) is 1. The molecule has 0 radical (unpaired) electrons. The Balaban J connectivity index is 1.34. The number of hydrogen-bond donors (Lipinski definition) is 1. The van der Waals surface area contributed by atoms with Crippen molar-refractivity contribution in [2.45, 2.75) is 32.4 Å². The molecule has 0 saturated carbocycles. The van der Waals surface area contributed by atoms with Crippen molar-refractivity contribution in [1.29, 1.82) is 0 Å².